The predicted molar refractivity (Wildman–Crippen MR) is 79.4 cm³/mol. The van der Waals surface area contributed by atoms with Gasteiger partial charge in [0.1, 0.15) is 12.9 Å². The zero-order valence-electron chi connectivity index (χ0n) is 12.0. The van der Waals surface area contributed by atoms with Crippen molar-refractivity contribution in [2.75, 3.05) is 0 Å². The second kappa shape index (κ2) is 6.49. The lowest BCUT2D eigenvalue weighted by atomic mass is 10.1. The molecule has 0 bridgehead atoms. The lowest BCUT2D eigenvalue weighted by Gasteiger charge is -2.06. The molecule has 0 saturated carbocycles. The van der Waals surface area contributed by atoms with E-state index < -0.39 is 5.97 Å². The van der Waals surface area contributed by atoms with Crippen molar-refractivity contribution in [2.24, 2.45) is 0 Å². The molecule has 1 heterocycles. The predicted octanol–water partition coefficient (Wildman–Crippen LogP) is 1.89. The van der Waals surface area contributed by atoms with Crippen LogP contribution in [0.3, 0.4) is 0 Å². The van der Waals surface area contributed by atoms with Crippen LogP contribution in [0.25, 0.3) is 5.69 Å². The maximum Gasteiger partial charge on any atom is 0.338 e. The highest BCUT2D eigenvalue weighted by molar-refractivity contribution is 5.89. The molecule has 3 rings (SSSR count). The fourth-order valence-corrected chi connectivity index (χ4v) is 1.99. The molecule has 1 aromatic heterocycles. The van der Waals surface area contributed by atoms with E-state index in [0.717, 1.165) is 11.3 Å². The summed E-state index contributed by atoms with van der Waals surface area (Å²) in [6, 6.07) is 15.7. The van der Waals surface area contributed by atoms with E-state index in [9.17, 15) is 4.79 Å². The van der Waals surface area contributed by atoms with Crippen molar-refractivity contribution in [3.05, 3.63) is 71.5 Å². The monoisotopic (exact) mass is 305 g/mol. The van der Waals surface area contributed by atoms with Crippen LogP contribution in [0.5, 0.6) is 0 Å². The minimum atomic E-state index is -0.435. The highest BCUT2D eigenvalue weighted by Gasteiger charge is 2.08. The van der Waals surface area contributed by atoms with Gasteiger partial charge in [0.15, 0.2) is 0 Å². The molecule has 23 heavy (non-hydrogen) atoms. The molecule has 0 N–H and O–H groups in total. The first kappa shape index (κ1) is 14.4. The van der Waals surface area contributed by atoms with Gasteiger partial charge in [-0.3, -0.25) is 0 Å². The number of carbonyl (C=O) groups is 1. The van der Waals surface area contributed by atoms with Crippen LogP contribution in [0, 0.1) is 11.3 Å². The number of rotatable bonds is 4. The summed E-state index contributed by atoms with van der Waals surface area (Å²) in [5.74, 6) is -0.435. The second-order valence-electron chi connectivity index (χ2n) is 4.69. The highest BCUT2D eigenvalue weighted by atomic mass is 16.5. The molecule has 0 atom stereocenters. The zero-order valence-corrected chi connectivity index (χ0v) is 12.0. The number of hydrogen-bond acceptors (Lipinski definition) is 6. The Morgan fingerprint density at radius 2 is 2.04 bits per heavy atom. The molecule has 0 unspecified atom stereocenters. The third-order valence-electron chi connectivity index (χ3n) is 3.14. The largest absolute Gasteiger partial charge is 0.457 e. The van der Waals surface area contributed by atoms with Crippen molar-refractivity contribution < 1.29 is 9.53 Å². The SMILES string of the molecule is N#Cc1cccc(COC(=O)c2ccc(-n3cnnn3)cc2)c1. The van der Waals surface area contributed by atoms with Crippen LogP contribution in [-0.4, -0.2) is 26.2 Å². The molecule has 0 fully saturated rings. The first-order chi connectivity index (χ1) is 11.3. The molecule has 7 heteroatoms. The lowest BCUT2D eigenvalue weighted by molar-refractivity contribution is 0.0472. The summed E-state index contributed by atoms with van der Waals surface area (Å²) < 4.78 is 6.74. The molecule has 2 aromatic carbocycles. The Balaban J connectivity index is 1.65. The summed E-state index contributed by atoms with van der Waals surface area (Å²) in [6.07, 6.45) is 1.47. The van der Waals surface area contributed by atoms with E-state index in [1.807, 2.05) is 6.07 Å². The summed E-state index contributed by atoms with van der Waals surface area (Å²) >= 11 is 0. The van der Waals surface area contributed by atoms with E-state index in [0.29, 0.717) is 11.1 Å². The summed E-state index contributed by atoms with van der Waals surface area (Å²) in [5, 5.41) is 19.7. The van der Waals surface area contributed by atoms with Crippen LogP contribution in [0.4, 0.5) is 0 Å². The molecule has 0 amide bonds. The van der Waals surface area contributed by atoms with E-state index in [1.165, 1.54) is 11.0 Å². The first-order valence-corrected chi connectivity index (χ1v) is 6.76. The molecule has 0 radical (unpaired) electrons. The second-order valence-corrected chi connectivity index (χ2v) is 4.69. The number of nitriles is 1. The summed E-state index contributed by atoms with van der Waals surface area (Å²) in [7, 11) is 0. The van der Waals surface area contributed by atoms with E-state index in [4.69, 9.17) is 10.00 Å². The molecular formula is C16H11N5O2. The van der Waals surface area contributed by atoms with Gasteiger partial charge < -0.3 is 4.74 Å². The maximum absolute atomic E-state index is 12.0. The van der Waals surface area contributed by atoms with Crippen LogP contribution in [0.2, 0.25) is 0 Å². The normalized spacial score (nSPS) is 10.0. The van der Waals surface area contributed by atoms with E-state index in [2.05, 4.69) is 15.5 Å². The van der Waals surface area contributed by atoms with Gasteiger partial charge in [0, 0.05) is 0 Å². The average molecular weight is 305 g/mol. The van der Waals surface area contributed by atoms with Crippen molar-refractivity contribution in [1.29, 1.82) is 5.26 Å². The van der Waals surface area contributed by atoms with Crippen molar-refractivity contribution in [3.63, 3.8) is 0 Å². The Kier molecular flexibility index (Phi) is 4.07. The smallest absolute Gasteiger partial charge is 0.338 e. The molecule has 3 aromatic rings. The Labute approximate surface area is 131 Å². The molecule has 0 saturated heterocycles. The fraction of sp³-hybridized carbons (Fsp3) is 0.0625. The van der Waals surface area contributed by atoms with Crippen LogP contribution < -0.4 is 0 Å². The van der Waals surface area contributed by atoms with E-state index in [-0.39, 0.29) is 6.61 Å². The standard InChI is InChI=1S/C16H11N5O2/c17-9-12-2-1-3-13(8-12)10-23-16(22)14-4-6-15(7-5-14)21-11-18-19-20-21/h1-8,11H,10H2. The van der Waals surface area contributed by atoms with Crippen LogP contribution in [-0.2, 0) is 11.3 Å². The number of tetrazole rings is 1. The summed E-state index contributed by atoms with van der Waals surface area (Å²) in [6.45, 7) is 0.114. The Bertz CT molecular complexity index is 851. The van der Waals surface area contributed by atoms with Crippen LogP contribution in [0.1, 0.15) is 21.5 Å². The van der Waals surface area contributed by atoms with E-state index in [1.54, 1.807) is 48.5 Å². The molecule has 7 nitrogen and oxygen atoms in total. The van der Waals surface area contributed by atoms with Crippen LogP contribution >= 0.6 is 0 Å². The topological polar surface area (TPSA) is 93.7 Å². The molecule has 0 aliphatic rings. The third kappa shape index (κ3) is 3.39. The van der Waals surface area contributed by atoms with Crippen LogP contribution in [0.15, 0.2) is 54.9 Å². The Morgan fingerprint density at radius 1 is 1.22 bits per heavy atom. The maximum atomic E-state index is 12.0. The van der Waals surface area contributed by atoms with Crippen molar-refractivity contribution in [2.45, 2.75) is 6.61 Å². The summed E-state index contributed by atoms with van der Waals surface area (Å²) in [5.41, 5.74) is 2.47. The van der Waals surface area contributed by atoms with Gasteiger partial charge in [0.05, 0.1) is 22.9 Å². The minimum Gasteiger partial charge on any atom is -0.457 e. The number of esters is 1. The van der Waals surface area contributed by atoms with Gasteiger partial charge in [-0.15, -0.1) is 5.10 Å². The van der Waals surface area contributed by atoms with Gasteiger partial charge in [-0.2, -0.15) is 5.26 Å². The van der Waals surface area contributed by atoms with Crippen molar-refractivity contribution in [3.8, 4) is 11.8 Å². The number of hydrogen-bond donors (Lipinski definition) is 0. The Morgan fingerprint density at radius 3 is 2.74 bits per heavy atom. The molecule has 0 aliphatic carbocycles. The lowest BCUT2D eigenvalue weighted by Crippen LogP contribution is -2.06. The zero-order chi connectivity index (χ0) is 16.1. The van der Waals surface area contributed by atoms with Gasteiger partial charge in [-0.1, -0.05) is 12.1 Å². The fourth-order valence-electron chi connectivity index (χ4n) is 1.99. The highest BCUT2D eigenvalue weighted by Crippen LogP contribution is 2.11. The van der Waals surface area contributed by atoms with E-state index >= 15 is 0 Å². The van der Waals surface area contributed by atoms with Gasteiger partial charge in [0.2, 0.25) is 0 Å². The van der Waals surface area contributed by atoms with Gasteiger partial charge in [0.25, 0.3) is 0 Å². The number of ether oxygens (including phenoxy) is 1. The molecule has 112 valence electrons. The van der Waals surface area contributed by atoms with Gasteiger partial charge in [-0.25, -0.2) is 9.48 Å². The Hall–Kier alpha value is -3.53. The summed E-state index contributed by atoms with van der Waals surface area (Å²) in [4.78, 5) is 12.0. The number of benzene rings is 2. The van der Waals surface area contributed by atoms with Gasteiger partial charge >= 0.3 is 5.97 Å². The van der Waals surface area contributed by atoms with Crippen molar-refractivity contribution >= 4 is 5.97 Å². The first-order valence-electron chi connectivity index (χ1n) is 6.76. The third-order valence-corrected chi connectivity index (χ3v) is 3.14. The average Bonchev–Trinajstić information content (AvgIpc) is 3.14. The van der Waals surface area contributed by atoms with Crippen molar-refractivity contribution in [1.82, 2.24) is 20.2 Å². The minimum absolute atomic E-state index is 0.114. The quantitative estimate of drug-likeness (QED) is 0.683. The number of nitrogens with zero attached hydrogens (tertiary/aromatic N) is 5. The molecule has 0 aliphatic heterocycles. The van der Waals surface area contributed by atoms with Gasteiger partial charge in [-0.05, 0) is 52.4 Å². The number of aromatic nitrogens is 4. The number of carbonyl (C=O) groups excluding carboxylic acids is 1. The molecular weight excluding hydrogens is 294 g/mol. The molecule has 0 spiro atoms.